The number of benzene rings is 3. The van der Waals surface area contributed by atoms with Crippen molar-refractivity contribution in [2.45, 2.75) is 52.1 Å². The summed E-state index contributed by atoms with van der Waals surface area (Å²) in [6.45, 7) is 6.80. The molecule has 7 heteroatoms. The summed E-state index contributed by atoms with van der Waals surface area (Å²) in [7, 11) is 3.32. The number of nitrogens with one attached hydrogen (secondary N) is 2. The van der Waals surface area contributed by atoms with Gasteiger partial charge in [0.15, 0.2) is 11.5 Å². The van der Waals surface area contributed by atoms with E-state index in [1.54, 1.807) is 26.4 Å². The molecular weight excluding hydrogens is 490 g/mol. The SMILES string of the molecule is CCCc1ccc(C(=O)Nc2ccccc2C(=O)NC(C)CCN2CCc3cc(OC)c(OC)cc3C2)cc1. The minimum atomic E-state index is -0.231. The van der Waals surface area contributed by atoms with Crippen LogP contribution in [0.25, 0.3) is 0 Å². The first-order valence-corrected chi connectivity index (χ1v) is 13.7. The number of anilines is 1. The fraction of sp³-hybridized carbons (Fsp3) is 0.375. The van der Waals surface area contributed by atoms with E-state index in [2.05, 4.69) is 34.6 Å². The summed E-state index contributed by atoms with van der Waals surface area (Å²) < 4.78 is 10.9. The molecule has 2 amide bonds. The fourth-order valence-corrected chi connectivity index (χ4v) is 4.98. The van der Waals surface area contributed by atoms with Crippen LogP contribution in [-0.2, 0) is 19.4 Å². The maximum atomic E-state index is 13.2. The van der Waals surface area contributed by atoms with E-state index in [4.69, 9.17) is 9.47 Å². The van der Waals surface area contributed by atoms with Crippen LogP contribution in [0.3, 0.4) is 0 Å². The first-order valence-electron chi connectivity index (χ1n) is 13.7. The number of hydrogen-bond donors (Lipinski definition) is 2. The first kappa shape index (κ1) is 28.2. The monoisotopic (exact) mass is 529 g/mol. The van der Waals surface area contributed by atoms with Crippen LogP contribution in [0.5, 0.6) is 11.5 Å². The second kappa shape index (κ2) is 13.3. The molecule has 0 aromatic heterocycles. The second-order valence-electron chi connectivity index (χ2n) is 10.1. The number of para-hydroxylation sites is 1. The summed E-state index contributed by atoms with van der Waals surface area (Å²) in [6.07, 6.45) is 3.80. The Bertz CT molecular complexity index is 1290. The van der Waals surface area contributed by atoms with Crippen LogP contribution in [0.4, 0.5) is 5.69 Å². The Morgan fingerprint density at radius 2 is 1.64 bits per heavy atom. The minimum absolute atomic E-state index is 0.0285. The van der Waals surface area contributed by atoms with Gasteiger partial charge in [-0.1, -0.05) is 37.6 Å². The highest BCUT2D eigenvalue weighted by Gasteiger charge is 2.21. The van der Waals surface area contributed by atoms with E-state index in [1.807, 2.05) is 43.3 Å². The molecule has 3 aromatic rings. The van der Waals surface area contributed by atoms with Crippen molar-refractivity contribution in [1.29, 1.82) is 0 Å². The molecule has 0 saturated carbocycles. The van der Waals surface area contributed by atoms with E-state index < -0.39 is 0 Å². The van der Waals surface area contributed by atoms with Crippen molar-refractivity contribution >= 4 is 17.5 Å². The lowest BCUT2D eigenvalue weighted by molar-refractivity contribution is 0.0935. The fourth-order valence-electron chi connectivity index (χ4n) is 4.98. The topological polar surface area (TPSA) is 79.9 Å². The van der Waals surface area contributed by atoms with Gasteiger partial charge in [0.1, 0.15) is 0 Å². The summed E-state index contributed by atoms with van der Waals surface area (Å²) in [5.74, 6) is 1.09. The molecule has 1 aliphatic heterocycles. The highest BCUT2D eigenvalue weighted by molar-refractivity contribution is 6.09. The smallest absolute Gasteiger partial charge is 0.255 e. The maximum absolute atomic E-state index is 13.2. The molecule has 2 N–H and O–H groups in total. The van der Waals surface area contributed by atoms with Gasteiger partial charge in [-0.15, -0.1) is 0 Å². The van der Waals surface area contributed by atoms with Crippen molar-refractivity contribution < 1.29 is 19.1 Å². The largest absolute Gasteiger partial charge is 0.493 e. The minimum Gasteiger partial charge on any atom is -0.493 e. The highest BCUT2D eigenvalue weighted by Crippen LogP contribution is 2.33. The summed E-state index contributed by atoms with van der Waals surface area (Å²) in [5, 5.41) is 6.03. The molecule has 3 aromatic carbocycles. The molecule has 7 nitrogen and oxygen atoms in total. The Morgan fingerprint density at radius 3 is 2.33 bits per heavy atom. The number of aryl methyl sites for hydroxylation is 1. The average Bonchev–Trinajstić information content (AvgIpc) is 2.96. The standard InChI is InChI=1S/C32H39N3O4/c1-5-8-23-11-13-24(14-12-23)31(36)34-28-10-7-6-9-27(28)32(37)33-22(2)15-17-35-18-16-25-19-29(38-3)30(39-4)20-26(25)21-35/h6-7,9-14,19-20,22H,5,8,15-18,21H2,1-4H3,(H,33,37)(H,34,36). The molecule has 1 aliphatic rings. The molecule has 0 fully saturated rings. The third-order valence-corrected chi connectivity index (χ3v) is 7.23. The number of nitrogens with zero attached hydrogens (tertiary/aromatic N) is 1. The van der Waals surface area contributed by atoms with Crippen molar-refractivity contribution in [1.82, 2.24) is 10.2 Å². The molecule has 39 heavy (non-hydrogen) atoms. The molecule has 4 rings (SSSR count). The molecule has 0 saturated heterocycles. The summed E-state index contributed by atoms with van der Waals surface area (Å²) >= 11 is 0. The highest BCUT2D eigenvalue weighted by atomic mass is 16.5. The molecule has 0 bridgehead atoms. The zero-order chi connectivity index (χ0) is 27.8. The Labute approximate surface area is 231 Å². The van der Waals surface area contributed by atoms with Crippen molar-refractivity contribution in [3.05, 3.63) is 88.5 Å². The van der Waals surface area contributed by atoms with E-state index in [9.17, 15) is 9.59 Å². The zero-order valence-electron chi connectivity index (χ0n) is 23.4. The van der Waals surface area contributed by atoms with Crippen molar-refractivity contribution in [2.75, 3.05) is 32.6 Å². The summed E-state index contributed by atoms with van der Waals surface area (Å²) in [6, 6.07) is 18.9. The van der Waals surface area contributed by atoms with Crippen molar-refractivity contribution in [3.63, 3.8) is 0 Å². The van der Waals surface area contributed by atoms with E-state index in [0.717, 1.165) is 56.8 Å². The van der Waals surface area contributed by atoms with Gasteiger partial charge in [-0.25, -0.2) is 0 Å². The molecule has 1 atom stereocenters. The van der Waals surface area contributed by atoms with Crippen LogP contribution in [0.15, 0.2) is 60.7 Å². The quantitative estimate of drug-likeness (QED) is 0.344. The lowest BCUT2D eigenvalue weighted by Gasteiger charge is -2.30. The number of amides is 2. The lowest BCUT2D eigenvalue weighted by atomic mass is 9.98. The van der Waals surface area contributed by atoms with Crippen molar-refractivity contribution in [3.8, 4) is 11.5 Å². The number of carbonyl (C=O) groups is 2. The Kier molecular flexibility index (Phi) is 9.60. The van der Waals surface area contributed by atoms with Gasteiger partial charge in [-0.3, -0.25) is 14.5 Å². The normalized spacial score (nSPS) is 13.7. The van der Waals surface area contributed by atoms with Crippen LogP contribution in [-0.4, -0.2) is 50.1 Å². The van der Waals surface area contributed by atoms with E-state index in [-0.39, 0.29) is 17.9 Å². The van der Waals surface area contributed by atoms with Gasteiger partial charge in [0.2, 0.25) is 0 Å². The van der Waals surface area contributed by atoms with Gasteiger partial charge in [0.25, 0.3) is 11.8 Å². The van der Waals surface area contributed by atoms with Crippen LogP contribution in [0, 0.1) is 0 Å². The van der Waals surface area contributed by atoms with Gasteiger partial charge in [-0.05, 0) is 79.3 Å². The van der Waals surface area contributed by atoms with Crippen LogP contribution >= 0.6 is 0 Å². The number of hydrogen-bond acceptors (Lipinski definition) is 5. The van der Waals surface area contributed by atoms with Gasteiger partial charge < -0.3 is 20.1 Å². The van der Waals surface area contributed by atoms with Gasteiger partial charge in [-0.2, -0.15) is 0 Å². The Balaban J connectivity index is 1.32. The second-order valence-corrected chi connectivity index (χ2v) is 10.1. The predicted octanol–water partition coefficient (Wildman–Crippen LogP) is 5.48. The Morgan fingerprint density at radius 1 is 0.949 bits per heavy atom. The molecule has 0 aliphatic carbocycles. The third-order valence-electron chi connectivity index (χ3n) is 7.23. The number of fused-ring (bicyclic) bond motifs is 1. The van der Waals surface area contributed by atoms with E-state index in [1.165, 1.54) is 16.7 Å². The molecular formula is C32H39N3O4. The Hall–Kier alpha value is -3.84. The molecule has 1 unspecified atom stereocenters. The third kappa shape index (κ3) is 7.18. The first-order chi connectivity index (χ1) is 18.9. The van der Waals surface area contributed by atoms with E-state index >= 15 is 0 Å². The average molecular weight is 530 g/mol. The van der Waals surface area contributed by atoms with Gasteiger partial charge >= 0.3 is 0 Å². The number of rotatable bonds is 11. The summed E-state index contributed by atoms with van der Waals surface area (Å²) in [4.78, 5) is 28.4. The van der Waals surface area contributed by atoms with Crippen LogP contribution < -0.4 is 20.1 Å². The van der Waals surface area contributed by atoms with E-state index in [0.29, 0.717) is 16.8 Å². The van der Waals surface area contributed by atoms with Gasteiger partial charge in [0, 0.05) is 31.2 Å². The number of methoxy groups -OCH3 is 2. The maximum Gasteiger partial charge on any atom is 0.255 e. The molecule has 1 heterocycles. The van der Waals surface area contributed by atoms with Crippen molar-refractivity contribution in [2.24, 2.45) is 0 Å². The van der Waals surface area contributed by atoms with Crippen LogP contribution in [0.1, 0.15) is 64.1 Å². The number of carbonyl (C=O) groups excluding carboxylic acids is 2. The molecule has 0 radical (unpaired) electrons. The number of ether oxygens (including phenoxy) is 2. The van der Waals surface area contributed by atoms with Gasteiger partial charge in [0.05, 0.1) is 25.5 Å². The molecule has 0 spiro atoms. The molecule has 206 valence electrons. The summed E-state index contributed by atoms with van der Waals surface area (Å²) in [5.41, 5.74) is 5.27. The predicted molar refractivity (Wildman–Crippen MR) is 155 cm³/mol. The zero-order valence-corrected chi connectivity index (χ0v) is 23.4. The lowest BCUT2D eigenvalue weighted by Crippen LogP contribution is -2.38. The van der Waals surface area contributed by atoms with Crippen LogP contribution in [0.2, 0.25) is 0 Å².